The number of benzene rings is 1. The molecule has 3 N–H and O–H groups in total. The molecule has 0 heterocycles. The van der Waals surface area contributed by atoms with E-state index in [-0.39, 0.29) is 12.5 Å². The van der Waals surface area contributed by atoms with E-state index < -0.39 is 5.97 Å². The van der Waals surface area contributed by atoms with Crippen LogP contribution in [0.1, 0.15) is 43.7 Å². The SMILES string of the molecule is CC(C)c1cccc(CNC(=O)NCCCC(=O)O)c1. The summed E-state index contributed by atoms with van der Waals surface area (Å²) in [6.45, 7) is 5.08. The Balaban J connectivity index is 2.30. The van der Waals surface area contributed by atoms with E-state index in [0.717, 1.165) is 5.56 Å². The number of carboxylic acids is 1. The normalized spacial score (nSPS) is 10.3. The number of amides is 2. The van der Waals surface area contributed by atoms with Crippen LogP contribution in [0.15, 0.2) is 24.3 Å². The Bertz CT molecular complexity index is 458. The Morgan fingerprint density at radius 2 is 2.00 bits per heavy atom. The molecule has 0 fully saturated rings. The van der Waals surface area contributed by atoms with Crippen LogP contribution >= 0.6 is 0 Å². The van der Waals surface area contributed by atoms with Crippen molar-refractivity contribution < 1.29 is 14.7 Å². The summed E-state index contributed by atoms with van der Waals surface area (Å²) < 4.78 is 0. The van der Waals surface area contributed by atoms with Gasteiger partial charge in [0.2, 0.25) is 0 Å². The molecule has 1 rings (SSSR count). The fraction of sp³-hybridized carbons (Fsp3) is 0.467. The molecule has 0 bridgehead atoms. The van der Waals surface area contributed by atoms with Gasteiger partial charge in [-0.25, -0.2) is 4.79 Å². The van der Waals surface area contributed by atoms with Gasteiger partial charge in [0.05, 0.1) is 0 Å². The molecule has 0 aromatic heterocycles. The van der Waals surface area contributed by atoms with Gasteiger partial charge >= 0.3 is 12.0 Å². The number of urea groups is 1. The molecule has 0 unspecified atom stereocenters. The molecule has 5 heteroatoms. The standard InChI is InChI=1S/C15H22N2O3/c1-11(2)13-6-3-5-12(9-13)10-17-15(20)16-8-4-7-14(18)19/h3,5-6,9,11H,4,7-8,10H2,1-2H3,(H,18,19)(H2,16,17,20). The molecule has 1 aromatic rings. The van der Waals surface area contributed by atoms with Crippen molar-refractivity contribution in [3.8, 4) is 0 Å². The minimum atomic E-state index is -0.849. The van der Waals surface area contributed by atoms with Gasteiger partial charge in [-0.05, 0) is 23.5 Å². The zero-order chi connectivity index (χ0) is 15.0. The van der Waals surface area contributed by atoms with Crippen LogP contribution < -0.4 is 10.6 Å². The van der Waals surface area contributed by atoms with Crippen LogP contribution in [0, 0.1) is 0 Å². The lowest BCUT2D eigenvalue weighted by Crippen LogP contribution is -2.35. The van der Waals surface area contributed by atoms with Crippen molar-refractivity contribution in [3.63, 3.8) is 0 Å². The fourth-order valence-electron chi connectivity index (χ4n) is 1.75. The molecule has 5 nitrogen and oxygen atoms in total. The highest BCUT2D eigenvalue weighted by Gasteiger charge is 2.03. The third-order valence-electron chi connectivity index (χ3n) is 2.92. The monoisotopic (exact) mass is 278 g/mol. The van der Waals surface area contributed by atoms with Crippen LogP contribution in [-0.2, 0) is 11.3 Å². The predicted molar refractivity (Wildman–Crippen MR) is 77.6 cm³/mol. The van der Waals surface area contributed by atoms with Crippen molar-refractivity contribution in [2.45, 2.75) is 39.2 Å². The molecule has 0 aliphatic carbocycles. The van der Waals surface area contributed by atoms with E-state index in [4.69, 9.17) is 5.11 Å². The lowest BCUT2D eigenvalue weighted by molar-refractivity contribution is -0.137. The topological polar surface area (TPSA) is 78.4 Å². The van der Waals surface area contributed by atoms with Crippen molar-refractivity contribution >= 4 is 12.0 Å². The summed E-state index contributed by atoms with van der Waals surface area (Å²) >= 11 is 0. The zero-order valence-electron chi connectivity index (χ0n) is 12.0. The van der Waals surface area contributed by atoms with Crippen molar-refractivity contribution in [1.82, 2.24) is 10.6 Å². The Kier molecular flexibility index (Phi) is 6.56. The van der Waals surface area contributed by atoms with E-state index in [0.29, 0.717) is 25.4 Å². The molecule has 1 aromatic carbocycles. The maximum atomic E-state index is 11.5. The van der Waals surface area contributed by atoms with Gasteiger partial charge in [-0.15, -0.1) is 0 Å². The van der Waals surface area contributed by atoms with Crippen LogP contribution in [0.2, 0.25) is 0 Å². The summed E-state index contributed by atoms with van der Waals surface area (Å²) in [5.74, 6) is -0.391. The van der Waals surface area contributed by atoms with Gasteiger partial charge in [-0.1, -0.05) is 38.1 Å². The lowest BCUT2D eigenvalue weighted by Gasteiger charge is -2.10. The minimum Gasteiger partial charge on any atom is -0.481 e. The van der Waals surface area contributed by atoms with Crippen molar-refractivity contribution in [2.24, 2.45) is 0 Å². The first-order valence-corrected chi connectivity index (χ1v) is 6.81. The van der Waals surface area contributed by atoms with Crippen LogP contribution in [-0.4, -0.2) is 23.7 Å². The summed E-state index contributed by atoms with van der Waals surface area (Å²) in [6, 6.07) is 7.83. The van der Waals surface area contributed by atoms with Gasteiger partial charge < -0.3 is 15.7 Å². The third kappa shape index (κ3) is 6.22. The van der Waals surface area contributed by atoms with Gasteiger partial charge in [0.1, 0.15) is 0 Å². The number of nitrogens with one attached hydrogen (secondary N) is 2. The van der Waals surface area contributed by atoms with Crippen LogP contribution in [0.4, 0.5) is 4.79 Å². The van der Waals surface area contributed by atoms with E-state index in [9.17, 15) is 9.59 Å². The van der Waals surface area contributed by atoms with Crippen molar-refractivity contribution in [3.05, 3.63) is 35.4 Å². The van der Waals surface area contributed by atoms with E-state index in [1.165, 1.54) is 5.56 Å². The second kappa shape index (κ2) is 8.19. The summed E-state index contributed by atoms with van der Waals surface area (Å²) in [4.78, 5) is 21.8. The lowest BCUT2D eigenvalue weighted by atomic mass is 10.0. The molecule has 0 spiro atoms. The Hall–Kier alpha value is -2.04. The molecular formula is C15H22N2O3. The number of rotatable bonds is 7. The second-order valence-corrected chi connectivity index (χ2v) is 5.01. The highest BCUT2D eigenvalue weighted by Crippen LogP contribution is 2.15. The molecule has 0 atom stereocenters. The van der Waals surface area contributed by atoms with Gasteiger partial charge in [-0.3, -0.25) is 4.79 Å². The van der Waals surface area contributed by atoms with E-state index in [2.05, 4.69) is 36.6 Å². The quantitative estimate of drug-likeness (QED) is 0.670. The minimum absolute atomic E-state index is 0.0662. The van der Waals surface area contributed by atoms with Gasteiger partial charge in [0.15, 0.2) is 0 Å². The smallest absolute Gasteiger partial charge is 0.315 e. The largest absolute Gasteiger partial charge is 0.481 e. The van der Waals surface area contributed by atoms with Crippen LogP contribution in [0.5, 0.6) is 0 Å². The van der Waals surface area contributed by atoms with Crippen molar-refractivity contribution in [1.29, 1.82) is 0 Å². The molecule has 110 valence electrons. The average molecular weight is 278 g/mol. The third-order valence-corrected chi connectivity index (χ3v) is 2.92. The molecule has 0 aliphatic rings. The molecule has 0 saturated heterocycles. The predicted octanol–water partition coefficient (Wildman–Crippen LogP) is 2.47. The fourth-order valence-corrected chi connectivity index (χ4v) is 1.75. The summed E-state index contributed by atoms with van der Waals surface area (Å²) in [5, 5.41) is 13.9. The molecule has 0 radical (unpaired) electrons. The molecule has 0 aliphatic heterocycles. The van der Waals surface area contributed by atoms with Crippen LogP contribution in [0.25, 0.3) is 0 Å². The zero-order valence-corrected chi connectivity index (χ0v) is 12.0. The highest BCUT2D eigenvalue weighted by molar-refractivity contribution is 5.73. The van der Waals surface area contributed by atoms with Crippen LogP contribution in [0.3, 0.4) is 0 Å². The number of aliphatic carboxylic acids is 1. The summed E-state index contributed by atoms with van der Waals surface area (Å²) in [5.41, 5.74) is 2.29. The van der Waals surface area contributed by atoms with E-state index >= 15 is 0 Å². The molecular weight excluding hydrogens is 256 g/mol. The number of carbonyl (C=O) groups excluding carboxylic acids is 1. The van der Waals surface area contributed by atoms with E-state index in [1.807, 2.05) is 12.1 Å². The number of carboxylic acid groups (broad SMARTS) is 1. The number of carbonyl (C=O) groups is 2. The maximum Gasteiger partial charge on any atom is 0.315 e. The summed E-state index contributed by atoms with van der Waals surface area (Å²) in [7, 11) is 0. The van der Waals surface area contributed by atoms with Gasteiger partial charge in [0, 0.05) is 19.5 Å². The Morgan fingerprint density at radius 1 is 1.25 bits per heavy atom. The molecule has 0 saturated carbocycles. The number of hydrogen-bond acceptors (Lipinski definition) is 2. The first kappa shape index (κ1) is 16.0. The maximum absolute atomic E-state index is 11.5. The average Bonchev–Trinajstić information content (AvgIpc) is 2.41. The Morgan fingerprint density at radius 3 is 2.65 bits per heavy atom. The van der Waals surface area contributed by atoms with Crippen molar-refractivity contribution in [2.75, 3.05) is 6.54 Å². The molecule has 20 heavy (non-hydrogen) atoms. The first-order valence-electron chi connectivity index (χ1n) is 6.81. The second-order valence-electron chi connectivity index (χ2n) is 5.01. The highest BCUT2D eigenvalue weighted by atomic mass is 16.4. The first-order chi connectivity index (χ1) is 9.49. The Labute approximate surface area is 119 Å². The summed E-state index contributed by atoms with van der Waals surface area (Å²) in [6.07, 6.45) is 0.502. The van der Waals surface area contributed by atoms with Gasteiger partial charge in [0.25, 0.3) is 0 Å². The van der Waals surface area contributed by atoms with Gasteiger partial charge in [-0.2, -0.15) is 0 Å². The molecule has 2 amide bonds. The van der Waals surface area contributed by atoms with E-state index in [1.54, 1.807) is 0 Å². The number of hydrogen-bond donors (Lipinski definition) is 3.